The van der Waals surface area contributed by atoms with E-state index in [9.17, 15) is 4.79 Å². The van der Waals surface area contributed by atoms with E-state index in [4.69, 9.17) is 5.73 Å². The highest BCUT2D eigenvalue weighted by atomic mass is 16.2. The molecule has 7 heteroatoms. The zero-order valence-corrected chi connectivity index (χ0v) is 11.3. The maximum atomic E-state index is 12.0. The molecule has 0 aliphatic heterocycles. The van der Waals surface area contributed by atoms with Gasteiger partial charge in [0.2, 0.25) is 0 Å². The van der Waals surface area contributed by atoms with Gasteiger partial charge in [0.15, 0.2) is 0 Å². The molecular formula is C12H18N6O. The molecule has 2 heterocycles. The first-order chi connectivity index (χ1) is 9.02. The van der Waals surface area contributed by atoms with Crippen LogP contribution in [0.5, 0.6) is 0 Å². The zero-order chi connectivity index (χ0) is 14.0. The van der Waals surface area contributed by atoms with Crippen molar-refractivity contribution in [3.8, 4) is 0 Å². The molecule has 7 nitrogen and oxygen atoms in total. The van der Waals surface area contributed by atoms with Crippen molar-refractivity contribution in [2.75, 3.05) is 5.73 Å². The third-order valence-electron chi connectivity index (χ3n) is 2.99. The molecule has 0 aliphatic rings. The summed E-state index contributed by atoms with van der Waals surface area (Å²) in [6.07, 6.45) is 3.40. The highest BCUT2D eigenvalue weighted by molar-refractivity contribution is 5.97. The number of aryl methyl sites for hydroxylation is 3. The van der Waals surface area contributed by atoms with Gasteiger partial charge >= 0.3 is 0 Å². The summed E-state index contributed by atoms with van der Waals surface area (Å²) in [6, 6.07) is 0. The molecule has 0 unspecified atom stereocenters. The van der Waals surface area contributed by atoms with E-state index in [0.717, 1.165) is 17.8 Å². The molecular weight excluding hydrogens is 244 g/mol. The molecule has 0 bridgehead atoms. The van der Waals surface area contributed by atoms with E-state index in [1.165, 1.54) is 10.9 Å². The standard InChI is InChI=1S/C12H18N6O/c1-4-18-7-9(8(2)16-18)5-14-12(19)11-10(13)6-15-17(11)3/h6-7H,4-5,13H2,1-3H3,(H,14,19). The van der Waals surface area contributed by atoms with Crippen LogP contribution in [0.4, 0.5) is 5.69 Å². The number of nitrogens with zero attached hydrogens (tertiary/aromatic N) is 4. The monoisotopic (exact) mass is 262 g/mol. The maximum Gasteiger partial charge on any atom is 0.271 e. The van der Waals surface area contributed by atoms with Gasteiger partial charge in [-0.1, -0.05) is 0 Å². The number of nitrogens with one attached hydrogen (secondary N) is 1. The summed E-state index contributed by atoms with van der Waals surface area (Å²) in [6.45, 7) is 5.18. The van der Waals surface area contributed by atoms with Gasteiger partial charge in [-0.3, -0.25) is 14.2 Å². The first-order valence-electron chi connectivity index (χ1n) is 6.11. The minimum atomic E-state index is -0.235. The quantitative estimate of drug-likeness (QED) is 0.837. The van der Waals surface area contributed by atoms with E-state index in [-0.39, 0.29) is 5.91 Å². The van der Waals surface area contributed by atoms with Crippen LogP contribution in [0.1, 0.15) is 28.7 Å². The van der Waals surface area contributed by atoms with Gasteiger partial charge in [0.05, 0.1) is 17.6 Å². The number of anilines is 1. The molecule has 1 amide bonds. The average Bonchev–Trinajstić information content (AvgIpc) is 2.90. The normalized spacial score (nSPS) is 10.7. The van der Waals surface area contributed by atoms with E-state index < -0.39 is 0 Å². The molecule has 3 N–H and O–H groups in total. The van der Waals surface area contributed by atoms with Crippen molar-refractivity contribution < 1.29 is 4.79 Å². The van der Waals surface area contributed by atoms with Crippen LogP contribution in [0.3, 0.4) is 0 Å². The van der Waals surface area contributed by atoms with Gasteiger partial charge in [0.25, 0.3) is 5.91 Å². The fraction of sp³-hybridized carbons (Fsp3) is 0.417. The van der Waals surface area contributed by atoms with E-state index in [1.54, 1.807) is 7.05 Å². The third kappa shape index (κ3) is 2.59. The Morgan fingerprint density at radius 2 is 2.26 bits per heavy atom. The summed E-state index contributed by atoms with van der Waals surface area (Å²) in [5, 5.41) is 11.1. The van der Waals surface area contributed by atoms with Crippen molar-refractivity contribution in [1.82, 2.24) is 24.9 Å². The van der Waals surface area contributed by atoms with Crippen LogP contribution in [0.2, 0.25) is 0 Å². The Hall–Kier alpha value is -2.31. The lowest BCUT2D eigenvalue weighted by molar-refractivity contribution is 0.0942. The molecule has 0 aromatic carbocycles. The SMILES string of the molecule is CCn1cc(CNC(=O)c2c(N)cnn2C)c(C)n1. The minimum Gasteiger partial charge on any atom is -0.396 e. The molecule has 0 aliphatic carbocycles. The van der Waals surface area contributed by atoms with Crippen molar-refractivity contribution in [3.63, 3.8) is 0 Å². The second-order valence-corrected chi connectivity index (χ2v) is 4.35. The molecule has 0 saturated heterocycles. The van der Waals surface area contributed by atoms with Crippen LogP contribution in [0.25, 0.3) is 0 Å². The Balaban J connectivity index is 2.06. The van der Waals surface area contributed by atoms with Crippen LogP contribution >= 0.6 is 0 Å². The molecule has 0 atom stereocenters. The molecule has 0 radical (unpaired) electrons. The first-order valence-corrected chi connectivity index (χ1v) is 6.11. The van der Waals surface area contributed by atoms with E-state index in [1.807, 2.05) is 24.7 Å². The number of carbonyl (C=O) groups is 1. The van der Waals surface area contributed by atoms with Crippen LogP contribution < -0.4 is 11.1 Å². The Labute approximate surface area is 111 Å². The number of nitrogens with two attached hydrogens (primary N) is 1. The van der Waals surface area contributed by atoms with Gasteiger partial charge in [0, 0.05) is 31.9 Å². The van der Waals surface area contributed by atoms with Crippen LogP contribution in [0, 0.1) is 6.92 Å². The van der Waals surface area contributed by atoms with E-state index in [0.29, 0.717) is 17.9 Å². The predicted molar refractivity (Wildman–Crippen MR) is 71.4 cm³/mol. The topological polar surface area (TPSA) is 90.8 Å². The molecule has 2 rings (SSSR count). The average molecular weight is 262 g/mol. The van der Waals surface area contributed by atoms with Gasteiger partial charge in [-0.25, -0.2) is 0 Å². The Bertz CT molecular complexity index is 578. The second kappa shape index (κ2) is 5.13. The fourth-order valence-corrected chi connectivity index (χ4v) is 1.89. The largest absolute Gasteiger partial charge is 0.396 e. The Morgan fingerprint density at radius 1 is 1.53 bits per heavy atom. The zero-order valence-electron chi connectivity index (χ0n) is 11.3. The van der Waals surface area contributed by atoms with Gasteiger partial charge < -0.3 is 11.1 Å². The van der Waals surface area contributed by atoms with E-state index in [2.05, 4.69) is 15.5 Å². The third-order valence-corrected chi connectivity index (χ3v) is 2.99. The summed E-state index contributed by atoms with van der Waals surface area (Å²) < 4.78 is 3.31. The number of rotatable bonds is 4. The highest BCUT2D eigenvalue weighted by Gasteiger charge is 2.15. The molecule has 0 fully saturated rings. The number of amides is 1. The highest BCUT2D eigenvalue weighted by Crippen LogP contribution is 2.10. The van der Waals surface area contributed by atoms with Crippen molar-refractivity contribution in [1.29, 1.82) is 0 Å². The number of hydrogen-bond donors (Lipinski definition) is 2. The lowest BCUT2D eigenvalue weighted by Crippen LogP contribution is -2.26. The van der Waals surface area contributed by atoms with Gasteiger partial charge in [-0.05, 0) is 13.8 Å². The van der Waals surface area contributed by atoms with Crippen LogP contribution in [-0.4, -0.2) is 25.5 Å². The van der Waals surface area contributed by atoms with Crippen molar-refractivity contribution in [2.24, 2.45) is 7.05 Å². The number of carbonyl (C=O) groups excluding carboxylic acids is 1. The molecule has 102 valence electrons. The predicted octanol–water partition coefficient (Wildman–Crippen LogP) is 0.457. The van der Waals surface area contributed by atoms with Crippen molar-refractivity contribution in [2.45, 2.75) is 26.9 Å². The summed E-state index contributed by atoms with van der Waals surface area (Å²) in [5.41, 5.74) is 8.37. The molecule has 0 saturated carbocycles. The van der Waals surface area contributed by atoms with Gasteiger partial charge in [-0.15, -0.1) is 0 Å². The van der Waals surface area contributed by atoms with E-state index >= 15 is 0 Å². The summed E-state index contributed by atoms with van der Waals surface area (Å²) in [5.74, 6) is -0.235. The van der Waals surface area contributed by atoms with Crippen LogP contribution in [-0.2, 0) is 20.1 Å². The minimum absolute atomic E-state index is 0.235. The molecule has 0 spiro atoms. The number of hydrogen-bond acceptors (Lipinski definition) is 4. The Kier molecular flexibility index (Phi) is 3.55. The first kappa shape index (κ1) is 13.1. The van der Waals surface area contributed by atoms with Crippen molar-refractivity contribution >= 4 is 11.6 Å². The summed E-state index contributed by atoms with van der Waals surface area (Å²) in [4.78, 5) is 12.0. The molecule has 2 aromatic heterocycles. The summed E-state index contributed by atoms with van der Waals surface area (Å²) in [7, 11) is 1.69. The molecule has 2 aromatic rings. The van der Waals surface area contributed by atoms with Crippen LogP contribution in [0.15, 0.2) is 12.4 Å². The summed E-state index contributed by atoms with van der Waals surface area (Å²) >= 11 is 0. The van der Waals surface area contributed by atoms with Gasteiger partial charge in [-0.2, -0.15) is 10.2 Å². The fourth-order valence-electron chi connectivity index (χ4n) is 1.89. The second-order valence-electron chi connectivity index (χ2n) is 4.35. The van der Waals surface area contributed by atoms with Crippen molar-refractivity contribution in [3.05, 3.63) is 29.3 Å². The molecule has 19 heavy (non-hydrogen) atoms. The number of aromatic nitrogens is 4. The number of nitrogen functional groups attached to an aromatic ring is 1. The van der Waals surface area contributed by atoms with Gasteiger partial charge in [0.1, 0.15) is 5.69 Å². The lowest BCUT2D eigenvalue weighted by atomic mass is 10.2. The Morgan fingerprint density at radius 3 is 2.79 bits per heavy atom. The smallest absolute Gasteiger partial charge is 0.271 e. The lowest BCUT2D eigenvalue weighted by Gasteiger charge is -2.05. The maximum absolute atomic E-state index is 12.0.